The Balaban J connectivity index is -0.0000000240. The molecule has 0 amide bonds. The maximum atomic E-state index is 8.42. The molecule has 0 aromatic carbocycles. The molecule has 0 aromatic rings. The van der Waals surface area contributed by atoms with Crippen molar-refractivity contribution in [1.29, 1.82) is 0 Å². The standard InChI is InChI=1S/8BO3.2Na/c8*2-1(3)4;;/q8*-3;2*+1. The van der Waals surface area contributed by atoms with Gasteiger partial charge in [-0.05, 0) is 0 Å². The van der Waals surface area contributed by atoms with E-state index < -0.39 is 58.6 Å². The fourth-order valence-electron chi connectivity index (χ4n) is 0. The Morgan fingerprint density at radius 2 is 0.147 bits per heavy atom. The van der Waals surface area contributed by atoms with Crippen molar-refractivity contribution in [3.63, 3.8) is 0 Å². The van der Waals surface area contributed by atoms with E-state index in [0.717, 1.165) is 0 Å². The minimum absolute atomic E-state index is 0. The van der Waals surface area contributed by atoms with Gasteiger partial charge in [0.1, 0.15) is 0 Å². The van der Waals surface area contributed by atoms with Crippen LogP contribution in [0.15, 0.2) is 0 Å². The molecule has 0 bridgehead atoms. The van der Waals surface area contributed by atoms with Gasteiger partial charge in [-0.3, -0.25) is 58.6 Å². The van der Waals surface area contributed by atoms with E-state index in [-0.39, 0.29) is 59.1 Å². The monoisotopic (exact) mass is 518 g/mol. The number of hydrogen-bond acceptors (Lipinski definition) is 24. The Kier molecular flexibility index (Phi) is 114. The predicted molar refractivity (Wildman–Crippen MR) is 46.0 cm³/mol. The molecule has 0 N–H and O–H groups in total. The predicted octanol–water partition coefficient (Wildman–Crippen LogP) is -37.6. The molecule has 0 rings (SSSR count). The van der Waals surface area contributed by atoms with Crippen molar-refractivity contribution < 1.29 is 180 Å². The van der Waals surface area contributed by atoms with Crippen LogP contribution in [-0.4, -0.2) is 58.6 Å². The van der Waals surface area contributed by atoms with E-state index in [2.05, 4.69) is 0 Å². The first kappa shape index (κ1) is 65.0. The van der Waals surface area contributed by atoms with Crippen molar-refractivity contribution in [2.75, 3.05) is 0 Å². The van der Waals surface area contributed by atoms with Crippen LogP contribution in [0, 0.1) is 0 Å². The first-order valence-electron chi connectivity index (χ1n) is 5.66. The van der Waals surface area contributed by atoms with E-state index >= 15 is 0 Å². The number of hydrogen-bond donors (Lipinski definition) is 0. The Morgan fingerprint density at radius 3 is 0.147 bits per heavy atom. The van der Waals surface area contributed by atoms with E-state index in [1.54, 1.807) is 0 Å². The molecule has 34 heavy (non-hydrogen) atoms. The number of rotatable bonds is 0. The van der Waals surface area contributed by atoms with Crippen LogP contribution < -0.4 is 180 Å². The first-order valence-corrected chi connectivity index (χ1v) is 5.66. The minimum Gasteiger partial charge on any atom is -0.907 e. The van der Waals surface area contributed by atoms with Gasteiger partial charge in [-0.1, -0.05) is 0 Å². The van der Waals surface area contributed by atoms with Crippen LogP contribution in [0.4, 0.5) is 0 Å². The van der Waals surface area contributed by atoms with Gasteiger partial charge in [-0.25, -0.2) is 0 Å². The summed E-state index contributed by atoms with van der Waals surface area (Å²) in [6.45, 7) is 0. The van der Waals surface area contributed by atoms with E-state index in [1.165, 1.54) is 0 Å². The van der Waals surface area contributed by atoms with Crippen LogP contribution in [-0.2, 0) is 0 Å². The molecule has 0 spiro atoms. The van der Waals surface area contributed by atoms with Crippen LogP contribution in [0.3, 0.4) is 0 Å². The quantitative estimate of drug-likeness (QED) is 0.269. The van der Waals surface area contributed by atoms with Gasteiger partial charge in [0.05, 0.1) is 0 Å². The fraction of sp³-hybridized carbons (Fsp3) is 0. The van der Waals surface area contributed by atoms with Crippen molar-refractivity contribution in [1.82, 2.24) is 0 Å². The minimum atomic E-state index is -2.92. The SMILES string of the molecule is [Na+].[Na+].[O-]B([O-])[O-].[O-]B([O-])[O-].[O-]B([O-])[O-].[O-]B([O-])[O-].[O-]B([O-])[O-].[O-]B([O-])[O-].[O-]B([O-])[O-].[O-]B([O-])[O-]. The molecule has 0 radical (unpaired) electrons. The van der Waals surface area contributed by atoms with Crippen molar-refractivity contribution in [3.05, 3.63) is 0 Å². The van der Waals surface area contributed by atoms with Crippen LogP contribution in [0.5, 0.6) is 0 Å². The average molecular weight is 516 g/mol. The second-order valence-corrected chi connectivity index (χ2v) is 2.31. The molecule has 0 aliphatic carbocycles. The molecule has 0 saturated carbocycles. The molecule has 24 nitrogen and oxygen atoms in total. The molecule has 34 heteroatoms. The summed E-state index contributed by atoms with van der Waals surface area (Å²) < 4.78 is 0. The van der Waals surface area contributed by atoms with E-state index in [1.807, 2.05) is 0 Å². The molecule has 0 saturated heterocycles. The summed E-state index contributed by atoms with van der Waals surface area (Å²) in [6, 6.07) is 0. The summed E-state index contributed by atoms with van der Waals surface area (Å²) in [5, 5.41) is 202. The third kappa shape index (κ3) is 14600. The van der Waals surface area contributed by atoms with Gasteiger partial charge in [0.25, 0.3) is 0 Å². The Bertz CT molecular complexity index is 147. The third-order valence-electron chi connectivity index (χ3n) is 0. The summed E-state index contributed by atoms with van der Waals surface area (Å²) >= 11 is 0. The zero-order valence-electron chi connectivity index (χ0n) is 16.4. The molecule has 0 aromatic heterocycles. The van der Waals surface area contributed by atoms with Gasteiger partial charge >= 0.3 is 59.1 Å². The molecule has 0 unspecified atom stereocenters. The van der Waals surface area contributed by atoms with Gasteiger partial charge in [-0.15, -0.1) is 0 Å². The fourth-order valence-corrected chi connectivity index (χ4v) is 0. The summed E-state index contributed by atoms with van der Waals surface area (Å²) in [7, 11) is -23.3. The van der Waals surface area contributed by atoms with Gasteiger partial charge in [0, 0.05) is 0 Å². The maximum absolute atomic E-state index is 8.42. The topological polar surface area (TPSA) is 553 Å². The van der Waals surface area contributed by atoms with Crippen molar-refractivity contribution >= 4 is 58.6 Å². The molecular formula is B8Na2O24-22. The second kappa shape index (κ2) is 59.6. The first-order chi connectivity index (χ1) is 13.9. The van der Waals surface area contributed by atoms with E-state index in [0.29, 0.717) is 0 Å². The van der Waals surface area contributed by atoms with Crippen LogP contribution >= 0.6 is 0 Å². The average Bonchev–Trinajstić information content (AvgIpc) is 2.30. The van der Waals surface area contributed by atoms with Gasteiger partial charge in [-0.2, -0.15) is 0 Å². The third-order valence-corrected chi connectivity index (χ3v) is 0. The Morgan fingerprint density at radius 1 is 0.147 bits per heavy atom. The van der Waals surface area contributed by atoms with Crippen molar-refractivity contribution in [2.45, 2.75) is 0 Å². The van der Waals surface area contributed by atoms with Gasteiger partial charge < -0.3 is 121 Å². The summed E-state index contributed by atoms with van der Waals surface area (Å²) in [5.74, 6) is 0. The molecular weight excluding hydrogens is 516 g/mol. The Hall–Kier alpha value is 1.56. The molecule has 0 heterocycles. The molecule has 0 fully saturated rings. The van der Waals surface area contributed by atoms with Crippen molar-refractivity contribution in [2.24, 2.45) is 0 Å². The van der Waals surface area contributed by atoms with E-state index in [9.17, 15) is 0 Å². The zero-order chi connectivity index (χ0) is 28.6. The summed E-state index contributed by atoms with van der Waals surface area (Å²) in [4.78, 5) is 0. The van der Waals surface area contributed by atoms with Crippen LogP contribution in [0.1, 0.15) is 0 Å². The van der Waals surface area contributed by atoms with Gasteiger partial charge in [0.2, 0.25) is 0 Å². The smallest absolute Gasteiger partial charge is 0.907 e. The molecule has 192 valence electrons. The summed E-state index contributed by atoms with van der Waals surface area (Å²) in [5.41, 5.74) is 0. The maximum Gasteiger partial charge on any atom is 1.00 e. The van der Waals surface area contributed by atoms with Crippen molar-refractivity contribution in [3.8, 4) is 0 Å². The second-order valence-electron chi connectivity index (χ2n) is 2.31. The summed E-state index contributed by atoms with van der Waals surface area (Å²) in [6.07, 6.45) is 0. The normalized spacial score (nSPS) is 6.35. The molecule has 0 aliphatic heterocycles. The van der Waals surface area contributed by atoms with E-state index in [4.69, 9.17) is 121 Å². The van der Waals surface area contributed by atoms with Gasteiger partial charge in [0.15, 0.2) is 0 Å². The molecule has 0 atom stereocenters. The Labute approximate surface area is 237 Å². The van der Waals surface area contributed by atoms with Crippen LogP contribution in [0.2, 0.25) is 0 Å². The zero-order valence-corrected chi connectivity index (χ0v) is 20.4. The molecule has 0 aliphatic rings. The van der Waals surface area contributed by atoms with Crippen LogP contribution in [0.25, 0.3) is 0 Å². The largest absolute Gasteiger partial charge is 1.00 e.